The highest BCUT2D eigenvalue weighted by molar-refractivity contribution is 6.32. The zero-order chi connectivity index (χ0) is 20.6. The van der Waals surface area contributed by atoms with Crippen LogP contribution in [0.15, 0.2) is 36.4 Å². The van der Waals surface area contributed by atoms with Crippen LogP contribution < -0.4 is 4.74 Å². The largest absolute Gasteiger partial charge is 0.506 e. The molecule has 0 saturated carbocycles. The second kappa shape index (κ2) is 10.5. The maximum atomic E-state index is 10.5. The van der Waals surface area contributed by atoms with Gasteiger partial charge >= 0.3 is 0 Å². The lowest BCUT2D eigenvalue weighted by molar-refractivity contribution is -0.385. The van der Waals surface area contributed by atoms with E-state index in [1.54, 1.807) is 0 Å². The third kappa shape index (κ3) is 7.65. The summed E-state index contributed by atoms with van der Waals surface area (Å²) in [5.74, 6) is 0.0681. The molecule has 0 aliphatic carbocycles. The number of rotatable bonds is 6. The molecule has 0 unspecified atom stereocenters. The summed E-state index contributed by atoms with van der Waals surface area (Å²) in [6.45, 7) is 1.16. The Kier molecular flexibility index (Phi) is 8.73. The third-order valence-electron chi connectivity index (χ3n) is 3.06. The van der Waals surface area contributed by atoms with Gasteiger partial charge in [0.25, 0.3) is 11.4 Å². The SMILES string of the molecule is CN(C)CCOc1cc([N+](=O)[O-])ccc1Cl.O=[N+]([O-])c1ccc(Cl)c(O)c1. The molecule has 2 aromatic carbocycles. The second-order valence-electron chi connectivity index (χ2n) is 5.42. The Morgan fingerprint density at radius 3 is 2.00 bits per heavy atom. The van der Waals surface area contributed by atoms with E-state index in [2.05, 4.69) is 0 Å². The van der Waals surface area contributed by atoms with E-state index in [-0.39, 0.29) is 22.1 Å². The van der Waals surface area contributed by atoms with E-state index in [9.17, 15) is 20.2 Å². The minimum absolute atomic E-state index is 0.0238. The van der Waals surface area contributed by atoms with E-state index in [0.29, 0.717) is 17.4 Å². The molecule has 0 fully saturated rings. The van der Waals surface area contributed by atoms with Crippen molar-refractivity contribution in [2.45, 2.75) is 0 Å². The lowest BCUT2D eigenvalue weighted by atomic mass is 10.3. The number of nitrogens with zero attached hydrogens (tertiary/aromatic N) is 3. The van der Waals surface area contributed by atoms with Gasteiger partial charge in [-0.1, -0.05) is 23.2 Å². The molecule has 146 valence electrons. The monoisotopic (exact) mass is 417 g/mol. The van der Waals surface area contributed by atoms with Gasteiger partial charge in [0, 0.05) is 18.7 Å². The number of phenols is 1. The van der Waals surface area contributed by atoms with Crippen molar-refractivity contribution in [2.75, 3.05) is 27.2 Å². The van der Waals surface area contributed by atoms with Crippen LogP contribution >= 0.6 is 23.2 Å². The fourth-order valence-electron chi connectivity index (χ4n) is 1.67. The number of hydrogen-bond donors (Lipinski definition) is 1. The maximum Gasteiger partial charge on any atom is 0.273 e. The summed E-state index contributed by atoms with van der Waals surface area (Å²) in [5.41, 5.74) is -0.198. The number of phenolic OH excluding ortho intramolecular Hbond substituents is 1. The molecule has 0 atom stereocenters. The molecule has 27 heavy (non-hydrogen) atoms. The number of halogens is 2. The van der Waals surface area contributed by atoms with E-state index in [1.807, 2.05) is 19.0 Å². The molecule has 0 aromatic heterocycles. The summed E-state index contributed by atoms with van der Waals surface area (Å²) in [7, 11) is 3.83. The van der Waals surface area contributed by atoms with E-state index in [0.717, 1.165) is 12.6 Å². The Hall–Kier alpha value is -2.62. The molecule has 2 rings (SSSR count). The number of aromatic hydroxyl groups is 1. The summed E-state index contributed by atoms with van der Waals surface area (Å²) in [6.07, 6.45) is 0. The number of likely N-dealkylation sites (N-methyl/N-ethyl adjacent to an activating group) is 1. The molecule has 9 nitrogen and oxygen atoms in total. The highest BCUT2D eigenvalue weighted by Gasteiger charge is 2.10. The van der Waals surface area contributed by atoms with Gasteiger partial charge in [0.2, 0.25) is 0 Å². The Balaban J connectivity index is 0.000000289. The predicted molar refractivity (Wildman–Crippen MR) is 102 cm³/mol. The molecule has 0 spiro atoms. The summed E-state index contributed by atoms with van der Waals surface area (Å²) < 4.78 is 5.36. The number of non-ortho nitro benzene ring substituents is 2. The summed E-state index contributed by atoms with van der Waals surface area (Å²) in [4.78, 5) is 21.5. The van der Waals surface area contributed by atoms with Crippen LogP contribution in [0, 0.1) is 20.2 Å². The topological polar surface area (TPSA) is 119 Å². The van der Waals surface area contributed by atoms with Gasteiger partial charge in [0.1, 0.15) is 18.1 Å². The summed E-state index contributed by atoms with van der Waals surface area (Å²) >= 11 is 11.3. The van der Waals surface area contributed by atoms with E-state index >= 15 is 0 Å². The van der Waals surface area contributed by atoms with Crippen molar-refractivity contribution in [1.29, 1.82) is 0 Å². The number of nitro groups is 2. The van der Waals surface area contributed by atoms with Crippen LogP contribution in [0.25, 0.3) is 0 Å². The fourth-order valence-corrected chi connectivity index (χ4v) is 1.96. The first-order valence-corrected chi connectivity index (χ1v) is 8.21. The van der Waals surface area contributed by atoms with Crippen LogP contribution in [-0.4, -0.2) is 47.1 Å². The van der Waals surface area contributed by atoms with Gasteiger partial charge in [-0.2, -0.15) is 0 Å². The maximum absolute atomic E-state index is 10.5. The van der Waals surface area contributed by atoms with Gasteiger partial charge in [-0.25, -0.2) is 0 Å². The lowest BCUT2D eigenvalue weighted by Gasteiger charge is -2.11. The van der Waals surface area contributed by atoms with Crippen LogP contribution in [0.1, 0.15) is 0 Å². The average molecular weight is 418 g/mol. The smallest absolute Gasteiger partial charge is 0.273 e. The minimum atomic E-state index is -0.601. The first-order chi connectivity index (χ1) is 12.6. The highest BCUT2D eigenvalue weighted by Crippen LogP contribution is 2.29. The minimum Gasteiger partial charge on any atom is -0.506 e. The van der Waals surface area contributed by atoms with Crippen molar-refractivity contribution < 1.29 is 19.7 Å². The Morgan fingerprint density at radius 1 is 1.00 bits per heavy atom. The van der Waals surface area contributed by atoms with Crippen LogP contribution in [0.4, 0.5) is 11.4 Å². The van der Waals surface area contributed by atoms with Crippen molar-refractivity contribution in [3.05, 3.63) is 66.7 Å². The first-order valence-electron chi connectivity index (χ1n) is 7.46. The molecule has 0 heterocycles. The molecule has 0 bridgehead atoms. The van der Waals surface area contributed by atoms with Gasteiger partial charge in [-0.3, -0.25) is 20.2 Å². The molecule has 0 radical (unpaired) electrons. The molecule has 11 heteroatoms. The van der Waals surface area contributed by atoms with Crippen molar-refractivity contribution in [3.63, 3.8) is 0 Å². The molecule has 0 saturated heterocycles. The van der Waals surface area contributed by atoms with Crippen molar-refractivity contribution in [2.24, 2.45) is 0 Å². The van der Waals surface area contributed by atoms with Gasteiger partial charge in [-0.05, 0) is 26.2 Å². The van der Waals surface area contributed by atoms with E-state index in [1.165, 1.54) is 30.3 Å². The predicted octanol–water partition coefficient (Wildman–Crippen LogP) is 4.14. The van der Waals surface area contributed by atoms with Crippen LogP contribution in [0.3, 0.4) is 0 Å². The molecule has 1 N–H and O–H groups in total. The van der Waals surface area contributed by atoms with Crippen molar-refractivity contribution >= 4 is 34.6 Å². The van der Waals surface area contributed by atoms with Crippen molar-refractivity contribution in [1.82, 2.24) is 4.90 Å². The van der Waals surface area contributed by atoms with E-state index in [4.69, 9.17) is 33.0 Å². The van der Waals surface area contributed by atoms with Gasteiger partial charge in [0.05, 0.1) is 32.0 Å². The molecule has 0 aliphatic rings. The van der Waals surface area contributed by atoms with Crippen LogP contribution in [0.2, 0.25) is 10.0 Å². The average Bonchev–Trinajstić information content (AvgIpc) is 2.59. The van der Waals surface area contributed by atoms with Gasteiger partial charge in [-0.15, -0.1) is 0 Å². The van der Waals surface area contributed by atoms with Gasteiger partial charge in [0.15, 0.2) is 0 Å². The standard InChI is InChI=1S/C10H13ClN2O3.C6H4ClNO3/c1-12(2)5-6-16-10-7-8(13(14)15)3-4-9(10)11;7-5-2-1-4(8(10)11)3-6(5)9/h3-4,7H,5-6H2,1-2H3;1-3,9H. The van der Waals surface area contributed by atoms with E-state index < -0.39 is 9.85 Å². The Bertz CT molecular complexity index is 817. The lowest BCUT2D eigenvalue weighted by Crippen LogP contribution is -2.19. The third-order valence-corrected chi connectivity index (χ3v) is 3.69. The number of ether oxygens (including phenoxy) is 1. The Labute approximate surface area is 165 Å². The summed E-state index contributed by atoms with van der Waals surface area (Å²) in [5, 5.41) is 30.1. The summed E-state index contributed by atoms with van der Waals surface area (Å²) in [6, 6.07) is 7.64. The molecule has 0 aliphatic heterocycles. The number of benzene rings is 2. The molecule has 2 aromatic rings. The van der Waals surface area contributed by atoms with Crippen LogP contribution in [0.5, 0.6) is 11.5 Å². The second-order valence-corrected chi connectivity index (χ2v) is 6.23. The van der Waals surface area contributed by atoms with Gasteiger partial charge < -0.3 is 14.7 Å². The highest BCUT2D eigenvalue weighted by atomic mass is 35.5. The molecule has 0 amide bonds. The molecular formula is C16H17Cl2N3O6. The van der Waals surface area contributed by atoms with Crippen molar-refractivity contribution in [3.8, 4) is 11.5 Å². The normalized spacial score (nSPS) is 10.1. The molecular weight excluding hydrogens is 401 g/mol. The quantitative estimate of drug-likeness (QED) is 0.553. The zero-order valence-electron chi connectivity index (χ0n) is 14.5. The fraction of sp³-hybridized carbons (Fsp3) is 0.250. The first kappa shape index (κ1) is 22.4. The van der Waals surface area contributed by atoms with Crippen LogP contribution in [-0.2, 0) is 0 Å². The number of nitro benzene ring substituents is 2. The zero-order valence-corrected chi connectivity index (χ0v) is 16.0. The number of hydrogen-bond acceptors (Lipinski definition) is 7. The Morgan fingerprint density at radius 2 is 1.52 bits per heavy atom.